The lowest BCUT2D eigenvalue weighted by molar-refractivity contribution is 0.00167. The molecule has 4 unspecified atom stereocenters. The van der Waals surface area contributed by atoms with Gasteiger partial charge in [-0.1, -0.05) is 41.0 Å². The molecule has 1 heterocycles. The fourth-order valence-electron chi connectivity index (χ4n) is 2.47. The van der Waals surface area contributed by atoms with E-state index in [1.807, 2.05) is 0 Å². The van der Waals surface area contributed by atoms with Gasteiger partial charge >= 0.3 is 0 Å². The maximum atomic E-state index is 6.09. The summed E-state index contributed by atoms with van der Waals surface area (Å²) >= 11 is 0. The van der Waals surface area contributed by atoms with E-state index in [4.69, 9.17) is 4.74 Å². The average Bonchev–Trinajstić information content (AvgIpc) is 2.33. The van der Waals surface area contributed by atoms with Gasteiger partial charge in [0, 0.05) is 0 Å². The first-order valence-electron chi connectivity index (χ1n) is 5.73. The molecule has 0 aromatic carbocycles. The summed E-state index contributed by atoms with van der Waals surface area (Å²) in [6.45, 7) is 11.5. The van der Waals surface area contributed by atoms with E-state index < -0.39 is 0 Å². The summed E-state index contributed by atoms with van der Waals surface area (Å²) in [5.74, 6) is 2.14. The predicted molar refractivity (Wildman–Crippen MR) is 56.7 cm³/mol. The molecule has 0 spiro atoms. The molecule has 0 radical (unpaired) electrons. The van der Waals surface area contributed by atoms with Crippen molar-refractivity contribution in [2.75, 3.05) is 0 Å². The van der Waals surface area contributed by atoms with Crippen molar-refractivity contribution in [2.24, 2.45) is 17.8 Å². The second-order valence-electron chi connectivity index (χ2n) is 4.89. The highest BCUT2D eigenvalue weighted by atomic mass is 16.5. The molecule has 0 amide bonds. The molecule has 1 heteroatoms. The predicted octanol–water partition coefficient (Wildman–Crippen LogP) is 3.48. The van der Waals surface area contributed by atoms with E-state index in [1.165, 1.54) is 12.8 Å². The van der Waals surface area contributed by atoms with Gasteiger partial charge in [0.2, 0.25) is 0 Å². The van der Waals surface area contributed by atoms with Crippen molar-refractivity contribution in [1.29, 1.82) is 0 Å². The van der Waals surface area contributed by atoms with E-state index in [2.05, 4.69) is 34.6 Å². The van der Waals surface area contributed by atoms with Gasteiger partial charge in [0.15, 0.2) is 0 Å². The van der Waals surface area contributed by atoms with E-state index in [1.54, 1.807) is 0 Å². The van der Waals surface area contributed by atoms with Gasteiger partial charge in [0.1, 0.15) is 0 Å². The minimum absolute atomic E-state index is 0.492. The van der Waals surface area contributed by atoms with Crippen LogP contribution >= 0.6 is 0 Å². The molecule has 0 N–H and O–H groups in total. The van der Waals surface area contributed by atoms with Crippen molar-refractivity contribution in [1.82, 2.24) is 0 Å². The molecule has 1 rings (SSSR count). The van der Waals surface area contributed by atoms with Gasteiger partial charge in [-0.2, -0.15) is 0 Å². The number of rotatable bonds is 3. The summed E-state index contributed by atoms with van der Waals surface area (Å²) in [4.78, 5) is 0. The highest BCUT2D eigenvalue weighted by molar-refractivity contribution is 4.86. The molecule has 1 fully saturated rings. The number of ether oxygens (including phenoxy) is 1. The van der Waals surface area contributed by atoms with Crippen LogP contribution in [0.1, 0.15) is 47.5 Å². The summed E-state index contributed by atoms with van der Waals surface area (Å²) in [6.07, 6.45) is 3.49. The van der Waals surface area contributed by atoms with E-state index >= 15 is 0 Å². The number of hydrogen-bond acceptors (Lipinski definition) is 1. The van der Waals surface area contributed by atoms with Gasteiger partial charge in [-0.3, -0.25) is 0 Å². The smallest absolute Gasteiger partial charge is 0.0630 e. The summed E-state index contributed by atoms with van der Waals surface area (Å²) in [7, 11) is 0. The quantitative estimate of drug-likeness (QED) is 0.652. The van der Waals surface area contributed by atoms with E-state index in [-0.39, 0.29) is 0 Å². The van der Waals surface area contributed by atoms with E-state index in [0.717, 1.165) is 11.8 Å². The van der Waals surface area contributed by atoms with Gasteiger partial charge in [-0.15, -0.1) is 0 Å². The molecule has 0 saturated carbocycles. The SMILES string of the molecule is CCCC1OC(C(C)C)C(C)C1C. The van der Waals surface area contributed by atoms with Crippen LogP contribution in [0.3, 0.4) is 0 Å². The Morgan fingerprint density at radius 2 is 1.77 bits per heavy atom. The zero-order valence-corrected chi connectivity index (χ0v) is 9.71. The van der Waals surface area contributed by atoms with Crippen molar-refractivity contribution < 1.29 is 4.74 Å². The summed E-state index contributed by atoms with van der Waals surface area (Å²) in [5.41, 5.74) is 0. The lowest BCUT2D eigenvalue weighted by Crippen LogP contribution is -2.21. The molecule has 4 atom stereocenters. The van der Waals surface area contributed by atoms with Gasteiger partial charge in [-0.25, -0.2) is 0 Å². The first-order valence-corrected chi connectivity index (χ1v) is 5.73. The van der Waals surface area contributed by atoms with Crippen molar-refractivity contribution in [3.63, 3.8) is 0 Å². The van der Waals surface area contributed by atoms with Crippen LogP contribution in [-0.2, 0) is 4.74 Å². The Morgan fingerprint density at radius 3 is 2.15 bits per heavy atom. The molecular weight excluding hydrogens is 160 g/mol. The Bertz CT molecular complexity index is 153. The first-order chi connectivity index (χ1) is 6.07. The molecule has 1 aliphatic heterocycles. The third kappa shape index (κ3) is 2.25. The van der Waals surface area contributed by atoms with Crippen LogP contribution in [0.25, 0.3) is 0 Å². The van der Waals surface area contributed by atoms with E-state index in [0.29, 0.717) is 18.1 Å². The minimum Gasteiger partial charge on any atom is -0.374 e. The van der Waals surface area contributed by atoms with Gasteiger partial charge in [0.05, 0.1) is 12.2 Å². The van der Waals surface area contributed by atoms with Crippen molar-refractivity contribution in [3.8, 4) is 0 Å². The Hall–Kier alpha value is -0.0400. The average molecular weight is 184 g/mol. The molecule has 0 aromatic rings. The normalized spacial score (nSPS) is 40.2. The summed E-state index contributed by atoms with van der Waals surface area (Å²) in [5, 5.41) is 0. The Morgan fingerprint density at radius 1 is 1.15 bits per heavy atom. The van der Waals surface area contributed by atoms with Crippen molar-refractivity contribution in [2.45, 2.75) is 59.7 Å². The fourth-order valence-corrected chi connectivity index (χ4v) is 2.47. The summed E-state index contributed by atoms with van der Waals surface area (Å²) in [6, 6.07) is 0. The van der Waals surface area contributed by atoms with Crippen LogP contribution in [0.5, 0.6) is 0 Å². The highest BCUT2D eigenvalue weighted by Gasteiger charge is 2.39. The van der Waals surface area contributed by atoms with Gasteiger partial charge < -0.3 is 4.74 Å². The van der Waals surface area contributed by atoms with Crippen LogP contribution in [0.15, 0.2) is 0 Å². The van der Waals surface area contributed by atoms with Crippen molar-refractivity contribution >= 4 is 0 Å². The minimum atomic E-state index is 0.492. The molecule has 1 aliphatic rings. The molecule has 1 saturated heterocycles. The molecule has 78 valence electrons. The van der Waals surface area contributed by atoms with E-state index in [9.17, 15) is 0 Å². The fraction of sp³-hybridized carbons (Fsp3) is 1.00. The topological polar surface area (TPSA) is 9.23 Å². The third-order valence-corrected chi connectivity index (χ3v) is 3.50. The molecule has 0 aromatic heterocycles. The number of hydrogen-bond donors (Lipinski definition) is 0. The Balaban J connectivity index is 2.56. The van der Waals surface area contributed by atoms with Crippen molar-refractivity contribution in [3.05, 3.63) is 0 Å². The lowest BCUT2D eigenvalue weighted by atomic mass is 9.85. The van der Waals surface area contributed by atoms with Crippen LogP contribution in [-0.4, -0.2) is 12.2 Å². The highest BCUT2D eigenvalue weighted by Crippen LogP contribution is 2.37. The molecular formula is C12H24O. The second-order valence-corrected chi connectivity index (χ2v) is 4.89. The maximum Gasteiger partial charge on any atom is 0.0630 e. The van der Waals surface area contributed by atoms with Crippen LogP contribution in [0.4, 0.5) is 0 Å². The maximum absolute atomic E-state index is 6.09. The van der Waals surface area contributed by atoms with Crippen LogP contribution in [0, 0.1) is 17.8 Å². The largest absolute Gasteiger partial charge is 0.374 e. The second kappa shape index (κ2) is 4.45. The Kier molecular flexibility index (Phi) is 3.78. The Labute approximate surface area is 82.9 Å². The molecule has 0 bridgehead atoms. The van der Waals surface area contributed by atoms with Gasteiger partial charge in [0.25, 0.3) is 0 Å². The third-order valence-electron chi connectivity index (χ3n) is 3.50. The zero-order chi connectivity index (χ0) is 10.0. The summed E-state index contributed by atoms with van der Waals surface area (Å²) < 4.78 is 6.09. The molecule has 1 nitrogen and oxygen atoms in total. The van der Waals surface area contributed by atoms with Crippen LogP contribution < -0.4 is 0 Å². The first kappa shape index (κ1) is 11.0. The van der Waals surface area contributed by atoms with Gasteiger partial charge in [-0.05, 0) is 24.2 Å². The monoisotopic (exact) mass is 184 g/mol. The lowest BCUT2D eigenvalue weighted by Gasteiger charge is -2.19. The zero-order valence-electron chi connectivity index (χ0n) is 9.71. The van der Waals surface area contributed by atoms with Crippen LogP contribution in [0.2, 0.25) is 0 Å². The molecule has 13 heavy (non-hydrogen) atoms. The molecule has 0 aliphatic carbocycles. The standard InChI is InChI=1S/C12H24O/c1-6-7-11-9(4)10(5)12(13-11)8(2)3/h8-12H,6-7H2,1-5H3.